The number of benzene rings is 1. The first-order valence-corrected chi connectivity index (χ1v) is 25.0. The largest absolute Gasteiger partial charge is 0.469 e. The molecule has 1 aromatic carbocycles. The van der Waals surface area contributed by atoms with E-state index in [-0.39, 0.29) is 52.0 Å². The Morgan fingerprint density at radius 2 is 1.73 bits per heavy atom. The molecule has 3 N–H and O–H groups in total. The number of allylic oxidation sites excluding steroid dienone is 4. The molecule has 8 nitrogen and oxygen atoms in total. The molecular formula is C55H77NO7. The lowest BCUT2D eigenvalue weighted by atomic mass is 9.43. The molecule has 0 amide bonds. The molecule has 8 aliphatic carbocycles. The predicted molar refractivity (Wildman–Crippen MR) is 247 cm³/mol. The van der Waals surface area contributed by atoms with Gasteiger partial charge >= 0.3 is 5.97 Å². The van der Waals surface area contributed by atoms with E-state index in [9.17, 15) is 24.9 Å². The molecule has 0 spiro atoms. The zero-order chi connectivity index (χ0) is 44.6. The average molecular weight is 864 g/mol. The van der Waals surface area contributed by atoms with Gasteiger partial charge < -0.3 is 29.7 Å². The molecule has 0 aliphatic heterocycles. The van der Waals surface area contributed by atoms with Gasteiger partial charge in [0, 0.05) is 43.5 Å². The van der Waals surface area contributed by atoms with Crippen LogP contribution in [0.1, 0.15) is 149 Å². The van der Waals surface area contributed by atoms with Crippen LogP contribution in [0.3, 0.4) is 0 Å². The van der Waals surface area contributed by atoms with Gasteiger partial charge in [-0.15, -0.1) is 5.92 Å². The lowest BCUT2D eigenvalue weighted by Crippen LogP contribution is -2.62. The van der Waals surface area contributed by atoms with Gasteiger partial charge in [-0.25, -0.2) is 0 Å². The van der Waals surface area contributed by atoms with E-state index in [2.05, 4.69) is 75.7 Å². The van der Waals surface area contributed by atoms with E-state index in [4.69, 9.17) is 9.47 Å². The highest BCUT2D eigenvalue weighted by atomic mass is 16.5. The highest BCUT2D eigenvalue weighted by molar-refractivity contribution is 5.93. The monoisotopic (exact) mass is 864 g/mol. The zero-order valence-electron chi connectivity index (χ0n) is 39.5. The van der Waals surface area contributed by atoms with Crippen molar-refractivity contribution in [2.45, 2.75) is 167 Å². The summed E-state index contributed by atoms with van der Waals surface area (Å²) in [6, 6.07) is 9.13. The fourth-order valence-electron chi connectivity index (χ4n) is 16.7. The van der Waals surface area contributed by atoms with Crippen molar-refractivity contribution >= 4 is 17.4 Å². The Balaban J connectivity index is 0.837. The molecule has 16 atom stereocenters. The summed E-state index contributed by atoms with van der Waals surface area (Å²) in [5.41, 5.74) is 5.24. The summed E-state index contributed by atoms with van der Waals surface area (Å²) in [5, 5.41) is 36.1. The molecule has 9 rings (SSSR count). The second-order valence-electron chi connectivity index (χ2n) is 22.7. The van der Waals surface area contributed by atoms with Crippen LogP contribution >= 0.6 is 0 Å². The number of likely N-dealkylation sites (N-methyl/N-ethyl adjacent to an activating group) is 1. The van der Waals surface area contributed by atoms with Crippen LogP contribution in [0, 0.1) is 75.4 Å². The van der Waals surface area contributed by atoms with Crippen LogP contribution in [0.4, 0.5) is 5.69 Å². The van der Waals surface area contributed by atoms with Crippen LogP contribution in [0.5, 0.6) is 0 Å². The van der Waals surface area contributed by atoms with Crippen molar-refractivity contribution in [3.05, 3.63) is 52.6 Å². The number of anilines is 1. The fraction of sp³-hybridized carbons (Fsp3) is 0.745. The molecule has 0 saturated heterocycles. The van der Waals surface area contributed by atoms with Crippen molar-refractivity contribution in [1.82, 2.24) is 0 Å². The van der Waals surface area contributed by atoms with Crippen LogP contribution in [-0.2, 0) is 19.1 Å². The molecule has 0 heterocycles. The first-order valence-electron chi connectivity index (χ1n) is 25.0. The van der Waals surface area contributed by atoms with Crippen LogP contribution in [0.15, 0.2) is 47.1 Å². The number of ether oxygens (including phenoxy) is 2. The molecular weight excluding hydrogens is 787 g/mol. The maximum Gasteiger partial charge on any atom is 0.305 e. The summed E-state index contributed by atoms with van der Waals surface area (Å²) in [6.45, 7) is 12.6. The summed E-state index contributed by atoms with van der Waals surface area (Å²) in [5.74, 6) is 9.29. The number of aliphatic hydroxyl groups is 3. The van der Waals surface area contributed by atoms with Crippen molar-refractivity contribution in [2.24, 2.45) is 63.6 Å². The fourth-order valence-corrected chi connectivity index (χ4v) is 16.7. The first kappa shape index (κ1) is 45.2. The number of fused-ring (bicyclic) bond motifs is 9. The smallest absolute Gasteiger partial charge is 0.305 e. The van der Waals surface area contributed by atoms with E-state index >= 15 is 0 Å². The van der Waals surface area contributed by atoms with Crippen molar-refractivity contribution in [2.75, 3.05) is 32.2 Å². The van der Waals surface area contributed by atoms with Gasteiger partial charge in [-0.3, -0.25) is 9.59 Å². The third-order valence-electron chi connectivity index (χ3n) is 20.3. The summed E-state index contributed by atoms with van der Waals surface area (Å²) < 4.78 is 11.6. The Morgan fingerprint density at radius 1 is 0.952 bits per heavy atom. The van der Waals surface area contributed by atoms with Crippen molar-refractivity contribution in [3.63, 3.8) is 0 Å². The molecule has 63 heavy (non-hydrogen) atoms. The summed E-state index contributed by atoms with van der Waals surface area (Å²) in [7, 11) is 3.60. The molecule has 0 bridgehead atoms. The Bertz CT molecular complexity index is 2050. The van der Waals surface area contributed by atoms with Crippen LogP contribution < -0.4 is 4.90 Å². The predicted octanol–water partition coefficient (Wildman–Crippen LogP) is 9.35. The van der Waals surface area contributed by atoms with E-state index in [1.165, 1.54) is 23.8 Å². The minimum atomic E-state index is -0.982. The zero-order valence-corrected chi connectivity index (χ0v) is 39.5. The molecule has 6 fully saturated rings. The standard InChI is InChI=1S/C55H77NO7/c1-8-23-55(61)25-22-44-41-16-12-35-28-38(57)15-17-40(35)50(41)42(32-53(44,55)4)34-10-13-37(14-11-34)56(6)26-27-63-39-21-24-52(3)36(29-39)30-47(58)51-45-19-18-43(33(2)9-20-49(60)62-7)54(45,5)48(59)31-46(51)52/h10-11,13-14,28,33,36,39,41-48,51,58-59,61H,9,12,15-22,24-27,29-32H2,1-7H3/t33-,36+,39+,41?,42-,43-,44?,45+,46+,47-,48+,51+,52+,53+,54-,55+/m1/s1. The molecule has 1 aromatic rings. The third kappa shape index (κ3) is 7.41. The number of nitrogens with zero attached hydrogens (tertiary/aromatic N) is 1. The minimum Gasteiger partial charge on any atom is -0.469 e. The SMILES string of the molecule is CC#C[C@]1(O)CCC2C3CCC4=CC(=O)CCC4=C3[C@@H](c3ccc(N(C)CCO[C@H]4CC[C@@]5(C)[C@@H](C4)C[C@@H](O)[C@@H]4[C@@H]5C[C@H](O)[C@]5(C)[C@@H]([C@H](C)CCC(=O)OC)CC[C@@H]45)cc3)C[C@@]21C. The topological polar surface area (TPSA) is 117 Å². The maximum absolute atomic E-state index is 12.5. The highest BCUT2D eigenvalue weighted by Gasteiger charge is 2.66. The van der Waals surface area contributed by atoms with Gasteiger partial charge in [-0.2, -0.15) is 0 Å². The number of aliphatic hydroxyl groups excluding tert-OH is 2. The van der Waals surface area contributed by atoms with Crippen LogP contribution in [0.25, 0.3) is 0 Å². The lowest BCUT2D eigenvalue weighted by Gasteiger charge is -2.63. The normalized spacial score (nSPS) is 43.2. The lowest BCUT2D eigenvalue weighted by molar-refractivity contribution is -0.209. The van der Waals surface area contributed by atoms with Gasteiger partial charge in [-0.05, 0) is 190 Å². The Labute approximate surface area is 378 Å². The average Bonchev–Trinajstić information content (AvgIpc) is 3.76. The number of methoxy groups -OCH3 is 1. The van der Waals surface area contributed by atoms with Gasteiger partial charge in [0.05, 0.1) is 32.0 Å². The Hall–Kier alpha value is -2.96. The number of esters is 1. The summed E-state index contributed by atoms with van der Waals surface area (Å²) in [4.78, 5) is 26.8. The summed E-state index contributed by atoms with van der Waals surface area (Å²) >= 11 is 0. The van der Waals surface area contributed by atoms with Crippen molar-refractivity contribution in [1.29, 1.82) is 0 Å². The Kier molecular flexibility index (Phi) is 12.2. The molecule has 2 unspecified atom stereocenters. The number of carbonyl (C=O) groups excluding carboxylic acids is 2. The van der Waals surface area contributed by atoms with Gasteiger partial charge in [0.15, 0.2) is 5.78 Å². The molecule has 344 valence electrons. The number of carbonyl (C=O) groups is 2. The number of hydrogen-bond acceptors (Lipinski definition) is 8. The first-order chi connectivity index (χ1) is 30.1. The van der Waals surface area contributed by atoms with Gasteiger partial charge in [0.1, 0.15) is 5.60 Å². The van der Waals surface area contributed by atoms with E-state index in [0.29, 0.717) is 60.9 Å². The Morgan fingerprint density at radius 3 is 2.48 bits per heavy atom. The number of rotatable bonds is 10. The molecule has 8 aliphatic rings. The van der Waals surface area contributed by atoms with E-state index in [0.717, 1.165) is 102 Å². The second kappa shape index (κ2) is 17.0. The van der Waals surface area contributed by atoms with Crippen molar-refractivity contribution < 1.29 is 34.4 Å². The maximum atomic E-state index is 12.5. The van der Waals surface area contributed by atoms with E-state index in [1.807, 2.05) is 13.0 Å². The van der Waals surface area contributed by atoms with E-state index < -0.39 is 11.7 Å². The summed E-state index contributed by atoms with van der Waals surface area (Å²) in [6.07, 6.45) is 15.3. The van der Waals surface area contributed by atoms with Crippen molar-refractivity contribution in [3.8, 4) is 11.8 Å². The molecule has 0 radical (unpaired) electrons. The molecule has 6 saturated carbocycles. The molecule has 8 heteroatoms. The highest BCUT2D eigenvalue weighted by Crippen LogP contribution is 2.69. The van der Waals surface area contributed by atoms with Gasteiger partial charge in [0.2, 0.25) is 0 Å². The number of ketones is 1. The van der Waals surface area contributed by atoms with E-state index in [1.54, 1.807) is 5.57 Å². The second-order valence-corrected chi connectivity index (χ2v) is 22.7. The number of hydrogen-bond donors (Lipinski definition) is 3. The minimum absolute atomic E-state index is 0.0798. The quantitative estimate of drug-likeness (QED) is 0.158. The van der Waals surface area contributed by atoms with Crippen LogP contribution in [0.2, 0.25) is 0 Å². The van der Waals surface area contributed by atoms with Gasteiger partial charge in [0.25, 0.3) is 0 Å². The van der Waals surface area contributed by atoms with Gasteiger partial charge in [-0.1, -0.05) is 51.3 Å². The van der Waals surface area contributed by atoms with Crippen LogP contribution in [-0.4, -0.2) is 78.3 Å². The third-order valence-corrected chi connectivity index (χ3v) is 20.3. The molecule has 0 aromatic heterocycles.